The van der Waals surface area contributed by atoms with E-state index in [0.717, 1.165) is 24.2 Å². The normalized spacial score (nSPS) is 23.9. The first kappa shape index (κ1) is 23.5. The van der Waals surface area contributed by atoms with Gasteiger partial charge in [0.1, 0.15) is 11.9 Å². The molecule has 1 aromatic carbocycles. The number of benzene rings is 1. The van der Waals surface area contributed by atoms with Gasteiger partial charge in [-0.15, -0.1) is 0 Å². The number of amides is 1. The summed E-state index contributed by atoms with van der Waals surface area (Å²) < 4.78 is 20.8. The van der Waals surface area contributed by atoms with Crippen LogP contribution < -0.4 is 0 Å². The predicted octanol–water partition coefficient (Wildman–Crippen LogP) is 3.91. The van der Waals surface area contributed by atoms with Crippen LogP contribution in [0.3, 0.4) is 0 Å². The number of aromatic nitrogens is 2. The van der Waals surface area contributed by atoms with Crippen LogP contribution in [-0.2, 0) is 33.8 Å². The second-order valence-corrected chi connectivity index (χ2v) is 12.5. The fraction of sp³-hybridized carbons (Fsp3) is 0.583. The van der Waals surface area contributed by atoms with Gasteiger partial charge in [-0.2, -0.15) is 0 Å². The molecule has 1 aliphatic carbocycles. The van der Waals surface area contributed by atoms with Gasteiger partial charge in [0.25, 0.3) is 5.91 Å². The van der Waals surface area contributed by atoms with Crippen LogP contribution in [0.25, 0.3) is 0 Å². The predicted molar refractivity (Wildman–Crippen MR) is 127 cm³/mol. The molecule has 0 N–H and O–H groups in total. The third-order valence-corrected chi connectivity index (χ3v) is 8.66. The van der Waals surface area contributed by atoms with Crippen molar-refractivity contribution in [2.24, 2.45) is 13.0 Å². The Morgan fingerprint density at radius 3 is 2.50 bits per heavy atom. The first-order valence-corrected chi connectivity index (χ1v) is 12.9. The van der Waals surface area contributed by atoms with Crippen molar-refractivity contribution in [3.05, 3.63) is 53.1 Å². The molecular formula is C24H32ClN3O3S. The number of hydrogen-bond donors (Lipinski definition) is 0. The highest BCUT2D eigenvalue weighted by Crippen LogP contribution is 2.41. The Labute approximate surface area is 197 Å². The first-order chi connectivity index (χ1) is 15.1. The summed E-state index contributed by atoms with van der Waals surface area (Å²) in [7, 11) is 0.862. The fourth-order valence-electron chi connectivity index (χ4n) is 4.25. The number of carbonyl (C=O) groups is 1. The maximum absolute atomic E-state index is 13.9. The maximum Gasteiger partial charge on any atom is 0.253 e. The SMILES string of the molecule is Cn1ccnc1CC1OCC(c2ccc(Cl)cc2)N(C(CS(=O)C(C)(C)C)C2CC2)C1=O. The first-order valence-electron chi connectivity index (χ1n) is 11.2. The van der Waals surface area contributed by atoms with E-state index in [0.29, 0.717) is 29.7 Å². The third-order valence-electron chi connectivity index (χ3n) is 6.39. The van der Waals surface area contributed by atoms with Gasteiger partial charge in [-0.25, -0.2) is 4.98 Å². The minimum absolute atomic E-state index is 0.0398. The number of hydrogen-bond acceptors (Lipinski definition) is 4. The highest BCUT2D eigenvalue weighted by Gasteiger charge is 2.47. The highest BCUT2D eigenvalue weighted by atomic mass is 35.5. The summed E-state index contributed by atoms with van der Waals surface area (Å²) in [5.41, 5.74) is 0.991. The zero-order chi connectivity index (χ0) is 23.0. The van der Waals surface area contributed by atoms with E-state index < -0.39 is 16.9 Å². The summed E-state index contributed by atoms with van der Waals surface area (Å²) >= 11 is 6.11. The van der Waals surface area contributed by atoms with Crippen molar-refractivity contribution < 1.29 is 13.7 Å². The van der Waals surface area contributed by atoms with Gasteiger partial charge in [0, 0.05) is 58.2 Å². The van der Waals surface area contributed by atoms with E-state index in [-0.39, 0.29) is 22.7 Å². The quantitative estimate of drug-likeness (QED) is 0.606. The highest BCUT2D eigenvalue weighted by molar-refractivity contribution is 7.86. The molecular weight excluding hydrogens is 446 g/mol. The van der Waals surface area contributed by atoms with E-state index in [2.05, 4.69) is 4.98 Å². The van der Waals surface area contributed by atoms with Gasteiger partial charge in [0.05, 0.1) is 12.6 Å². The van der Waals surface area contributed by atoms with E-state index in [9.17, 15) is 9.00 Å². The molecule has 8 heteroatoms. The molecule has 0 spiro atoms. The molecule has 1 saturated carbocycles. The smallest absolute Gasteiger partial charge is 0.253 e. The molecule has 1 aromatic heterocycles. The maximum atomic E-state index is 13.9. The van der Waals surface area contributed by atoms with Gasteiger partial charge < -0.3 is 14.2 Å². The molecule has 0 bridgehead atoms. The number of aryl methyl sites for hydroxylation is 1. The largest absolute Gasteiger partial charge is 0.365 e. The molecule has 2 heterocycles. The fourth-order valence-corrected chi connectivity index (χ4v) is 5.62. The van der Waals surface area contributed by atoms with Crippen LogP contribution in [0.5, 0.6) is 0 Å². The molecule has 2 aliphatic rings. The number of nitrogens with zero attached hydrogens (tertiary/aromatic N) is 3. The molecule has 1 aliphatic heterocycles. The topological polar surface area (TPSA) is 64.4 Å². The van der Waals surface area contributed by atoms with Crippen LogP contribution in [0.2, 0.25) is 5.02 Å². The molecule has 1 amide bonds. The van der Waals surface area contributed by atoms with Crippen LogP contribution in [0.4, 0.5) is 0 Å². The van der Waals surface area contributed by atoms with E-state index in [1.807, 2.05) is 67.7 Å². The van der Waals surface area contributed by atoms with E-state index >= 15 is 0 Å². The van der Waals surface area contributed by atoms with Crippen molar-refractivity contribution >= 4 is 28.3 Å². The molecule has 2 aromatic rings. The van der Waals surface area contributed by atoms with Crippen molar-refractivity contribution in [3.63, 3.8) is 0 Å². The summed E-state index contributed by atoms with van der Waals surface area (Å²) in [6.45, 7) is 6.38. The molecule has 32 heavy (non-hydrogen) atoms. The lowest BCUT2D eigenvalue weighted by molar-refractivity contribution is -0.164. The Morgan fingerprint density at radius 1 is 1.25 bits per heavy atom. The monoisotopic (exact) mass is 477 g/mol. The zero-order valence-corrected chi connectivity index (χ0v) is 20.7. The van der Waals surface area contributed by atoms with E-state index in [1.165, 1.54) is 0 Å². The summed E-state index contributed by atoms with van der Waals surface area (Å²) in [4.78, 5) is 20.2. The molecule has 6 nitrogen and oxygen atoms in total. The summed E-state index contributed by atoms with van der Waals surface area (Å²) in [6.07, 6.45) is 5.56. The van der Waals surface area contributed by atoms with Crippen molar-refractivity contribution in [3.8, 4) is 0 Å². The van der Waals surface area contributed by atoms with Gasteiger partial charge in [0.2, 0.25) is 0 Å². The number of ether oxygens (including phenoxy) is 1. The second-order valence-electron chi connectivity index (χ2n) is 9.82. The van der Waals surface area contributed by atoms with Crippen LogP contribution in [0.15, 0.2) is 36.7 Å². The lowest BCUT2D eigenvalue weighted by atomic mass is 9.98. The molecule has 4 rings (SSSR count). The lowest BCUT2D eigenvalue weighted by Gasteiger charge is -2.44. The number of carbonyl (C=O) groups excluding carboxylic acids is 1. The van der Waals surface area contributed by atoms with E-state index in [4.69, 9.17) is 16.3 Å². The summed E-state index contributed by atoms with van der Waals surface area (Å²) in [5.74, 6) is 1.64. The van der Waals surface area contributed by atoms with Crippen molar-refractivity contribution in [1.82, 2.24) is 14.5 Å². The Morgan fingerprint density at radius 2 is 1.94 bits per heavy atom. The van der Waals surface area contributed by atoms with Gasteiger partial charge in [-0.05, 0) is 57.2 Å². The van der Waals surface area contributed by atoms with Gasteiger partial charge in [-0.3, -0.25) is 9.00 Å². The van der Waals surface area contributed by atoms with Gasteiger partial charge in [0.15, 0.2) is 0 Å². The van der Waals surface area contributed by atoms with E-state index in [1.54, 1.807) is 6.20 Å². The minimum Gasteiger partial charge on any atom is -0.365 e. The molecule has 4 atom stereocenters. The second kappa shape index (κ2) is 9.27. The molecule has 0 radical (unpaired) electrons. The number of rotatable bonds is 7. The molecule has 2 fully saturated rings. The summed E-state index contributed by atoms with van der Waals surface area (Å²) in [5, 5.41) is 0.656. The van der Waals surface area contributed by atoms with Crippen molar-refractivity contribution in [1.29, 1.82) is 0 Å². The molecule has 174 valence electrons. The van der Waals surface area contributed by atoms with Gasteiger partial charge in [-0.1, -0.05) is 23.7 Å². The number of halogens is 1. The molecule has 4 unspecified atom stereocenters. The molecule has 1 saturated heterocycles. The van der Waals surface area contributed by atoms with Crippen LogP contribution in [-0.4, -0.2) is 53.8 Å². The van der Waals surface area contributed by atoms with Crippen LogP contribution in [0.1, 0.15) is 51.0 Å². The Balaban J connectivity index is 1.66. The zero-order valence-electron chi connectivity index (χ0n) is 19.2. The number of imidazole rings is 1. The number of morpholine rings is 1. The minimum atomic E-state index is -1.06. The summed E-state index contributed by atoms with van der Waals surface area (Å²) in [6, 6.07) is 7.31. The average molecular weight is 478 g/mol. The van der Waals surface area contributed by atoms with Crippen LogP contribution in [0, 0.1) is 5.92 Å². The third kappa shape index (κ3) is 5.10. The lowest BCUT2D eigenvalue weighted by Crippen LogP contribution is -2.57. The van der Waals surface area contributed by atoms with Crippen molar-refractivity contribution in [2.75, 3.05) is 12.4 Å². The Hall–Kier alpha value is -1.70. The van der Waals surface area contributed by atoms with Crippen molar-refractivity contribution in [2.45, 2.75) is 63.0 Å². The van der Waals surface area contributed by atoms with Crippen LogP contribution >= 0.6 is 11.6 Å². The Bertz CT molecular complexity index is 981. The standard InChI is InChI=1S/C24H32ClN3O3S/c1-24(2,3)32(30)15-20(17-5-6-17)28-19(16-7-9-18(25)10-8-16)14-31-21(23(28)29)13-22-26-11-12-27(22)4/h7-12,17,19-21H,5-6,13-15H2,1-4H3. The van der Waals surface area contributed by atoms with Gasteiger partial charge >= 0.3 is 0 Å². The Kier molecular flexibility index (Phi) is 6.80. The average Bonchev–Trinajstić information content (AvgIpc) is 3.50.